The van der Waals surface area contributed by atoms with Crippen molar-refractivity contribution < 1.29 is 37.5 Å². The monoisotopic (exact) mass is 418 g/mol. The fraction of sp³-hybridized carbons (Fsp3) is 0.200. The van der Waals surface area contributed by atoms with E-state index in [0.29, 0.717) is 0 Å². The lowest BCUT2D eigenvalue weighted by molar-refractivity contribution is -0.198. The van der Waals surface area contributed by atoms with Crippen molar-refractivity contribution in [3.05, 3.63) is 65.2 Å². The van der Waals surface area contributed by atoms with Gasteiger partial charge in [0.05, 0.1) is 16.7 Å². The Kier molecular flexibility index (Phi) is 5.50. The molecule has 3 rings (SSSR count). The number of carbonyl (C=O) groups is 4. The minimum absolute atomic E-state index is 0.0000503. The first-order chi connectivity index (χ1) is 14.1. The van der Waals surface area contributed by atoms with Gasteiger partial charge in [-0.1, -0.05) is 29.3 Å². The molecule has 1 aliphatic heterocycles. The van der Waals surface area contributed by atoms with E-state index >= 15 is 0 Å². The van der Waals surface area contributed by atoms with Crippen LogP contribution in [0.4, 0.5) is 8.78 Å². The number of benzene rings is 2. The lowest BCUT2D eigenvalue weighted by atomic mass is 10.1. The van der Waals surface area contributed by atoms with Gasteiger partial charge in [0.2, 0.25) is 0 Å². The van der Waals surface area contributed by atoms with Crippen molar-refractivity contribution in [1.82, 2.24) is 9.96 Å². The zero-order valence-electron chi connectivity index (χ0n) is 15.9. The Morgan fingerprint density at radius 3 is 2.07 bits per heavy atom. The van der Waals surface area contributed by atoms with Crippen LogP contribution in [0.15, 0.2) is 48.5 Å². The van der Waals surface area contributed by atoms with Crippen LogP contribution in [0.5, 0.6) is 5.75 Å². The number of nitrogens with zero attached hydrogens (tertiary/aromatic N) is 2. The van der Waals surface area contributed by atoms with E-state index in [0.717, 1.165) is 12.1 Å². The van der Waals surface area contributed by atoms with E-state index in [9.17, 15) is 28.0 Å². The van der Waals surface area contributed by atoms with E-state index in [1.54, 1.807) is 0 Å². The number of para-hydroxylation sites is 1. The maximum atomic E-state index is 14.8. The van der Waals surface area contributed by atoms with Crippen LogP contribution < -0.4 is 4.74 Å². The summed E-state index contributed by atoms with van der Waals surface area (Å²) in [7, 11) is 2.93. The van der Waals surface area contributed by atoms with Crippen LogP contribution >= 0.6 is 0 Å². The molecule has 1 heterocycles. The largest absolute Gasteiger partial charge is 0.483 e. The number of halogens is 2. The lowest BCUT2D eigenvalue weighted by Gasteiger charge is -2.21. The van der Waals surface area contributed by atoms with E-state index in [-0.39, 0.29) is 16.2 Å². The van der Waals surface area contributed by atoms with Crippen molar-refractivity contribution in [1.29, 1.82) is 0 Å². The number of carbonyl (C=O) groups excluding carboxylic acids is 4. The molecule has 0 radical (unpaired) electrons. The summed E-state index contributed by atoms with van der Waals surface area (Å²) in [6.07, 6.45) is 0. The van der Waals surface area contributed by atoms with E-state index in [4.69, 9.17) is 4.74 Å². The Bertz CT molecular complexity index is 1000. The predicted molar refractivity (Wildman–Crippen MR) is 97.6 cm³/mol. The van der Waals surface area contributed by atoms with Gasteiger partial charge in [-0.25, -0.2) is 4.79 Å². The van der Waals surface area contributed by atoms with Gasteiger partial charge in [0.15, 0.2) is 6.61 Å². The molecule has 0 N–H and O–H groups in total. The number of rotatable bonds is 6. The van der Waals surface area contributed by atoms with Gasteiger partial charge in [0, 0.05) is 14.1 Å². The third-order valence-electron chi connectivity index (χ3n) is 4.26. The number of ether oxygens (including phenoxy) is 1. The molecule has 0 unspecified atom stereocenters. The molecular weight excluding hydrogens is 402 g/mol. The average molecular weight is 418 g/mol. The van der Waals surface area contributed by atoms with Gasteiger partial charge in [-0.15, -0.1) is 0 Å². The quantitative estimate of drug-likeness (QED) is 0.667. The second-order valence-electron chi connectivity index (χ2n) is 6.48. The number of alkyl halides is 2. The number of amides is 3. The molecular formula is C20H16F2N2O6. The first-order valence-corrected chi connectivity index (χ1v) is 8.65. The van der Waals surface area contributed by atoms with Crippen molar-refractivity contribution in [2.45, 2.75) is 5.92 Å². The molecule has 0 aliphatic carbocycles. The van der Waals surface area contributed by atoms with Crippen LogP contribution in [0.1, 0.15) is 26.3 Å². The molecule has 0 saturated heterocycles. The lowest BCUT2D eigenvalue weighted by Crippen LogP contribution is -2.39. The number of likely N-dealkylation sites (N-methyl/N-ethyl adjacent to an activating group) is 1. The first-order valence-electron chi connectivity index (χ1n) is 8.65. The van der Waals surface area contributed by atoms with Gasteiger partial charge >= 0.3 is 11.9 Å². The van der Waals surface area contributed by atoms with Crippen molar-refractivity contribution in [3.63, 3.8) is 0 Å². The molecule has 0 aromatic heterocycles. The highest BCUT2D eigenvalue weighted by atomic mass is 19.3. The van der Waals surface area contributed by atoms with Crippen molar-refractivity contribution in [2.24, 2.45) is 0 Å². The summed E-state index contributed by atoms with van der Waals surface area (Å²) >= 11 is 0. The Labute approximate surface area is 169 Å². The molecule has 2 aromatic carbocycles. The summed E-state index contributed by atoms with van der Waals surface area (Å²) < 4.78 is 34.8. The topological polar surface area (TPSA) is 93.2 Å². The Balaban J connectivity index is 1.81. The van der Waals surface area contributed by atoms with Crippen LogP contribution in [-0.2, 0) is 20.3 Å². The molecule has 0 saturated carbocycles. The second kappa shape index (κ2) is 7.90. The van der Waals surface area contributed by atoms with Crippen molar-refractivity contribution >= 4 is 23.7 Å². The minimum Gasteiger partial charge on any atom is -0.483 e. The van der Waals surface area contributed by atoms with Gasteiger partial charge in [-0.2, -0.15) is 8.78 Å². The maximum absolute atomic E-state index is 14.8. The molecule has 156 valence electrons. The maximum Gasteiger partial charge on any atom is 0.407 e. The van der Waals surface area contributed by atoms with Crippen LogP contribution in [0.3, 0.4) is 0 Å². The molecule has 2 aromatic rings. The van der Waals surface area contributed by atoms with E-state index in [1.165, 1.54) is 55.4 Å². The number of imide groups is 1. The number of hydrogen-bond acceptors (Lipinski definition) is 6. The number of fused-ring (bicyclic) bond motifs is 1. The number of hydroxylamine groups is 2. The van der Waals surface area contributed by atoms with Gasteiger partial charge in [0.1, 0.15) is 5.75 Å². The van der Waals surface area contributed by atoms with E-state index in [2.05, 4.69) is 4.84 Å². The second-order valence-corrected chi connectivity index (χ2v) is 6.48. The fourth-order valence-corrected chi connectivity index (χ4v) is 2.62. The fourth-order valence-electron chi connectivity index (χ4n) is 2.62. The van der Waals surface area contributed by atoms with Crippen molar-refractivity contribution in [3.8, 4) is 5.75 Å². The summed E-state index contributed by atoms with van der Waals surface area (Å²) in [5, 5.41) is -0.0000503. The van der Waals surface area contributed by atoms with Gasteiger partial charge in [-0.3, -0.25) is 14.4 Å². The normalized spacial score (nSPS) is 13.1. The van der Waals surface area contributed by atoms with E-state index in [1.807, 2.05) is 0 Å². The molecule has 30 heavy (non-hydrogen) atoms. The standard InChI is InChI=1S/C20H16F2N2O6/c1-23(2)16(25)11-29-15-10-6-5-9-14(15)20(21,22)19(28)30-24-17(26)12-7-3-4-8-13(12)18(24)27/h3-10H,11H2,1-2H3. The van der Waals surface area contributed by atoms with Gasteiger partial charge in [0.25, 0.3) is 17.7 Å². The molecule has 0 fully saturated rings. The smallest absolute Gasteiger partial charge is 0.407 e. The van der Waals surface area contributed by atoms with Crippen LogP contribution in [0, 0.1) is 0 Å². The zero-order chi connectivity index (χ0) is 22.1. The molecule has 8 nitrogen and oxygen atoms in total. The summed E-state index contributed by atoms with van der Waals surface area (Å²) in [4.78, 5) is 54.0. The highest BCUT2D eigenvalue weighted by Crippen LogP contribution is 2.37. The van der Waals surface area contributed by atoms with Crippen molar-refractivity contribution in [2.75, 3.05) is 20.7 Å². The molecule has 3 amide bonds. The zero-order valence-corrected chi connectivity index (χ0v) is 15.9. The van der Waals surface area contributed by atoms with Crippen LogP contribution in [-0.4, -0.2) is 54.4 Å². The highest BCUT2D eigenvalue weighted by Gasteiger charge is 2.49. The highest BCUT2D eigenvalue weighted by molar-refractivity contribution is 6.21. The Hall–Kier alpha value is -3.82. The number of hydrogen-bond donors (Lipinski definition) is 0. The third kappa shape index (κ3) is 3.71. The van der Waals surface area contributed by atoms with Gasteiger partial charge < -0.3 is 14.5 Å². The Morgan fingerprint density at radius 2 is 1.50 bits per heavy atom. The first kappa shape index (κ1) is 20.9. The average Bonchev–Trinajstić information content (AvgIpc) is 2.97. The predicted octanol–water partition coefficient (Wildman–Crippen LogP) is 2.00. The minimum atomic E-state index is -4.27. The molecule has 0 atom stereocenters. The van der Waals surface area contributed by atoms with E-state index < -0.39 is 47.5 Å². The summed E-state index contributed by atoms with van der Waals surface area (Å²) in [5.74, 6) is -9.37. The molecule has 0 bridgehead atoms. The SMILES string of the molecule is CN(C)C(=O)COc1ccccc1C(F)(F)C(=O)ON1C(=O)c2ccccc2C1=O. The summed E-state index contributed by atoms with van der Waals surface area (Å²) in [6, 6.07) is 10.3. The molecule has 10 heteroatoms. The van der Waals surface area contributed by atoms with Crippen LogP contribution in [0.25, 0.3) is 0 Å². The Morgan fingerprint density at radius 1 is 0.967 bits per heavy atom. The third-order valence-corrected chi connectivity index (χ3v) is 4.26. The molecule has 1 aliphatic rings. The van der Waals surface area contributed by atoms with Gasteiger partial charge in [-0.05, 0) is 24.3 Å². The summed E-state index contributed by atoms with van der Waals surface area (Å²) in [6.45, 7) is -0.534. The van der Waals surface area contributed by atoms with Crippen LogP contribution in [0.2, 0.25) is 0 Å². The molecule has 0 spiro atoms. The summed E-state index contributed by atoms with van der Waals surface area (Å²) in [5.41, 5.74) is -1.01.